The van der Waals surface area contributed by atoms with Crippen molar-refractivity contribution in [3.63, 3.8) is 0 Å². The molecule has 0 fully saturated rings. The van der Waals surface area contributed by atoms with Crippen molar-refractivity contribution in [1.29, 1.82) is 5.26 Å². The molecule has 0 aliphatic carbocycles. The van der Waals surface area contributed by atoms with Gasteiger partial charge < -0.3 is 20.3 Å². The highest BCUT2D eigenvalue weighted by atomic mass is 32.2. The third kappa shape index (κ3) is 8.41. The fourth-order valence-electron chi connectivity index (χ4n) is 5.04. The van der Waals surface area contributed by atoms with Gasteiger partial charge in [0, 0.05) is 41.9 Å². The number of hydrogen-bond donors (Lipinski definition) is 4. The average Bonchev–Trinajstić information content (AvgIpc) is 3.08. The molecule has 0 radical (unpaired) electrons. The van der Waals surface area contributed by atoms with Gasteiger partial charge in [0.1, 0.15) is 17.7 Å². The number of benzene rings is 3. The number of sulfonamides is 1. The fraction of sp³-hybridized carbons (Fsp3) is 0.257. The summed E-state index contributed by atoms with van der Waals surface area (Å²) in [6, 6.07) is 11.4. The van der Waals surface area contributed by atoms with Gasteiger partial charge in [-0.1, -0.05) is 12.1 Å². The van der Waals surface area contributed by atoms with E-state index in [1.165, 1.54) is 48.0 Å². The smallest absolute Gasteiger partial charge is 0.335 e. The summed E-state index contributed by atoms with van der Waals surface area (Å²) in [4.78, 5) is 62.5. The van der Waals surface area contributed by atoms with Crippen LogP contribution in [0.15, 0.2) is 75.1 Å². The molecule has 0 aliphatic rings. The largest absolute Gasteiger partial charge is 0.480 e. The molecule has 0 aliphatic heterocycles. The van der Waals surface area contributed by atoms with Crippen LogP contribution in [0, 0.1) is 36.8 Å². The zero-order chi connectivity index (χ0) is 38.7. The number of carboxylic acids is 1. The normalized spacial score (nSPS) is 12.0. The molecular weight excluding hydrogens is 702 g/mol. The van der Waals surface area contributed by atoms with Crippen molar-refractivity contribution in [3.05, 3.63) is 121 Å². The van der Waals surface area contributed by atoms with E-state index in [0.717, 1.165) is 16.7 Å². The molecule has 0 saturated heterocycles. The van der Waals surface area contributed by atoms with Gasteiger partial charge in [-0.05, 0) is 75.7 Å². The number of amides is 2. The van der Waals surface area contributed by atoms with Crippen molar-refractivity contribution in [2.24, 2.45) is 7.05 Å². The Morgan fingerprint density at radius 3 is 2.15 bits per heavy atom. The first-order valence-corrected chi connectivity index (χ1v) is 17.0. The fourth-order valence-corrected chi connectivity index (χ4v) is 6.10. The second-order valence-electron chi connectivity index (χ2n) is 12.5. The topological polar surface area (TPSA) is 209 Å². The highest BCUT2D eigenvalue weighted by Crippen LogP contribution is 2.24. The van der Waals surface area contributed by atoms with Gasteiger partial charge in [0.25, 0.3) is 27.4 Å². The Morgan fingerprint density at radius 2 is 1.58 bits per heavy atom. The van der Waals surface area contributed by atoms with Gasteiger partial charge in [0.05, 0.1) is 34.3 Å². The lowest BCUT2D eigenvalue weighted by Gasteiger charge is -2.23. The number of hydrogen-bond acceptors (Lipinski definition) is 8. The molecule has 1 aromatic heterocycles. The van der Waals surface area contributed by atoms with E-state index in [1.54, 1.807) is 27.7 Å². The lowest BCUT2D eigenvalue weighted by atomic mass is 10.0. The van der Waals surface area contributed by atoms with Crippen molar-refractivity contribution < 1.29 is 36.7 Å². The SMILES string of the molecule is Cc1c(C)n(C)c(=O)n(-c2ccc(C[C@H](NC(=O)c3cc(F)c(NS(=O)(=O)c4ccc(C(=O)NC(C)(C)CC#N)cc4)cc3F)C(=O)O)cc2)c1=O. The van der Waals surface area contributed by atoms with E-state index in [1.807, 2.05) is 10.8 Å². The monoisotopic (exact) mass is 736 g/mol. The molecule has 0 unspecified atom stereocenters. The Bertz CT molecular complexity index is 2310. The molecule has 1 atom stereocenters. The highest BCUT2D eigenvalue weighted by molar-refractivity contribution is 7.92. The lowest BCUT2D eigenvalue weighted by Crippen LogP contribution is -2.43. The molecule has 2 amide bonds. The van der Waals surface area contributed by atoms with Gasteiger partial charge in [-0.2, -0.15) is 5.26 Å². The van der Waals surface area contributed by atoms with Gasteiger partial charge in [0.15, 0.2) is 0 Å². The van der Waals surface area contributed by atoms with Gasteiger partial charge in [-0.25, -0.2) is 31.4 Å². The molecule has 1 heterocycles. The Kier molecular flexibility index (Phi) is 11.1. The Hall–Kier alpha value is -6.15. The number of carboxylic acid groups (broad SMARTS) is 1. The maximum atomic E-state index is 15.1. The van der Waals surface area contributed by atoms with E-state index in [9.17, 15) is 37.5 Å². The molecule has 4 N–H and O–H groups in total. The summed E-state index contributed by atoms with van der Waals surface area (Å²) < 4.78 is 60.2. The zero-order valence-electron chi connectivity index (χ0n) is 28.6. The van der Waals surface area contributed by atoms with E-state index in [2.05, 4.69) is 10.6 Å². The number of aliphatic carboxylic acids is 1. The predicted molar refractivity (Wildman–Crippen MR) is 185 cm³/mol. The van der Waals surface area contributed by atoms with Crippen molar-refractivity contribution in [1.82, 2.24) is 19.8 Å². The third-order valence-electron chi connectivity index (χ3n) is 8.23. The average molecular weight is 737 g/mol. The highest BCUT2D eigenvalue weighted by Gasteiger charge is 2.26. The number of anilines is 1. The van der Waals surface area contributed by atoms with Crippen LogP contribution in [-0.4, -0.2) is 52.0 Å². The van der Waals surface area contributed by atoms with Crippen LogP contribution >= 0.6 is 0 Å². The van der Waals surface area contributed by atoms with Crippen LogP contribution in [0.4, 0.5) is 14.5 Å². The van der Waals surface area contributed by atoms with Crippen LogP contribution in [-0.2, 0) is 28.3 Å². The van der Waals surface area contributed by atoms with Crippen LogP contribution in [0.3, 0.4) is 0 Å². The lowest BCUT2D eigenvalue weighted by molar-refractivity contribution is -0.139. The van der Waals surface area contributed by atoms with Crippen LogP contribution in [0.25, 0.3) is 5.69 Å². The number of aromatic nitrogens is 2. The molecule has 0 saturated carbocycles. The summed E-state index contributed by atoms with van der Waals surface area (Å²) in [5, 5.41) is 23.4. The molecule has 17 heteroatoms. The Balaban J connectivity index is 1.48. The number of carbonyl (C=O) groups excluding carboxylic acids is 2. The van der Waals surface area contributed by atoms with Crippen LogP contribution in [0.1, 0.15) is 57.8 Å². The minimum Gasteiger partial charge on any atom is -0.480 e. The third-order valence-corrected chi connectivity index (χ3v) is 9.61. The molecule has 3 aromatic carbocycles. The maximum Gasteiger partial charge on any atom is 0.335 e. The van der Waals surface area contributed by atoms with E-state index in [4.69, 9.17) is 5.26 Å². The summed E-state index contributed by atoms with van der Waals surface area (Å²) in [6.45, 7) is 6.48. The number of nitriles is 1. The molecule has 0 bridgehead atoms. The van der Waals surface area contributed by atoms with Gasteiger partial charge in [-0.15, -0.1) is 0 Å². The molecular formula is C35H34F2N6O8S. The summed E-state index contributed by atoms with van der Waals surface area (Å²) in [5.41, 5.74) is -2.18. The molecule has 14 nitrogen and oxygen atoms in total. The van der Waals surface area contributed by atoms with E-state index in [-0.39, 0.29) is 24.1 Å². The van der Waals surface area contributed by atoms with E-state index >= 15 is 8.78 Å². The number of nitrogens with one attached hydrogen (secondary N) is 3. The molecule has 272 valence electrons. The molecule has 0 spiro atoms. The van der Waals surface area contributed by atoms with Gasteiger partial charge >= 0.3 is 11.7 Å². The van der Waals surface area contributed by atoms with Crippen molar-refractivity contribution in [3.8, 4) is 11.8 Å². The number of nitrogens with zero attached hydrogens (tertiary/aromatic N) is 3. The standard InChI is InChI=1S/C35H34F2N6O8S/c1-19-20(2)42(5)34(49)43(32(19)46)23-10-6-21(7-11-23)16-29(33(47)48)39-31(45)25-17-27(37)28(18-26(25)36)41-52(50,51)24-12-8-22(9-13-24)30(44)40-35(3,4)14-15-38/h6-13,17-18,29,41H,14,16H2,1-5H3,(H,39,45)(H,40,44)(H,47,48)/t29-/m0/s1. The van der Waals surface area contributed by atoms with Gasteiger partial charge in [0.2, 0.25) is 0 Å². The van der Waals surface area contributed by atoms with Crippen LogP contribution in [0.2, 0.25) is 0 Å². The molecule has 4 aromatic rings. The second kappa shape index (κ2) is 15.0. The van der Waals surface area contributed by atoms with Crippen molar-refractivity contribution in [2.75, 3.05) is 4.72 Å². The number of rotatable bonds is 12. The molecule has 52 heavy (non-hydrogen) atoms. The van der Waals surface area contributed by atoms with Crippen molar-refractivity contribution >= 4 is 33.5 Å². The Labute approximate surface area is 296 Å². The van der Waals surface area contributed by atoms with Crippen LogP contribution in [0.5, 0.6) is 0 Å². The number of halogens is 2. The van der Waals surface area contributed by atoms with Crippen molar-refractivity contribution in [2.45, 2.75) is 57.0 Å². The quantitative estimate of drug-likeness (QED) is 0.168. The van der Waals surface area contributed by atoms with Gasteiger partial charge in [-0.3, -0.25) is 19.1 Å². The minimum absolute atomic E-state index is 0.0252. The Morgan fingerprint density at radius 1 is 0.962 bits per heavy atom. The number of carbonyl (C=O) groups is 3. The first-order chi connectivity index (χ1) is 24.3. The maximum absolute atomic E-state index is 15.1. The first kappa shape index (κ1) is 38.6. The van der Waals surface area contributed by atoms with Crippen LogP contribution < -0.4 is 26.6 Å². The summed E-state index contributed by atoms with van der Waals surface area (Å²) in [6.07, 6.45) is -0.293. The van der Waals surface area contributed by atoms with E-state index in [0.29, 0.717) is 29.0 Å². The second-order valence-corrected chi connectivity index (χ2v) is 14.2. The first-order valence-electron chi connectivity index (χ1n) is 15.5. The van der Waals surface area contributed by atoms with E-state index < -0.39 is 78.4 Å². The molecule has 4 rings (SSSR count). The summed E-state index contributed by atoms with van der Waals surface area (Å²) >= 11 is 0. The zero-order valence-corrected chi connectivity index (χ0v) is 29.4. The summed E-state index contributed by atoms with van der Waals surface area (Å²) in [7, 11) is -3.00. The predicted octanol–water partition coefficient (Wildman–Crippen LogP) is 3.08. The minimum atomic E-state index is -4.52. The summed E-state index contributed by atoms with van der Waals surface area (Å²) in [5.74, 6) is -6.08.